The molecule has 2 aromatic carbocycles. The zero-order valence-corrected chi connectivity index (χ0v) is 22.2. The van der Waals surface area contributed by atoms with E-state index in [1.807, 2.05) is 48.5 Å². The minimum Gasteiger partial charge on any atom is -0.496 e. The smallest absolute Gasteiger partial charge is 0.283 e. The molecule has 1 N–H and O–H groups in total. The Kier molecular flexibility index (Phi) is 7.72. The number of hydrogen-bond donors (Lipinski definition) is 1. The summed E-state index contributed by atoms with van der Waals surface area (Å²) in [6.45, 7) is 0.972. The van der Waals surface area contributed by atoms with Gasteiger partial charge >= 0.3 is 0 Å². The molecule has 3 heterocycles. The van der Waals surface area contributed by atoms with E-state index in [2.05, 4.69) is 10.4 Å². The lowest BCUT2D eigenvalue weighted by Gasteiger charge is -2.10. The number of carbonyl (C=O) groups is 1. The van der Waals surface area contributed by atoms with Gasteiger partial charge in [0.25, 0.3) is 11.5 Å². The summed E-state index contributed by atoms with van der Waals surface area (Å²) in [4.78, 5) is 28.0. The van der Waals surface area contributed by atoms with Crippen LogP contribution in [0.4, 0.5) is 5.82 Å². The van der Waals surface area contributed by atoms with Gasteiger partial charge in [0.05, 0.1) is 29.1 Å². The Morgan fingerprint density at radius 2 is 1.82 bits per heavy atom. The van der Waals surface area contributed by atoms with Crippen molar-refractivity contribution in [3.8, 4) is 17.0 Å². The minimum atomic E-state index is -0.374. The molecule has 5 rings (SSSR count). The average molecular weight is 545 g/mol. The monoisotopic (exact) mass is 544 g/mol. The van der Waals surface area contributed by atoms with E-state index >= 15 is 0 Å². The van der Waals surface area contributed by atoms with Crippen LogP contribution in [0.15, 0.2) is 95.9 Å². The van der Waals surface area contributed by atoms with Crippen molar-refractivity contribution in [2.24, 2.45) is 0 Å². The molecule has 0 saturated heterocycles. The second kappa shape index (κ2) is 11.5. The molecule has 5 aromatic rings. The highest BCUT2D eigenvalue weighted by Gasteiger charge is 2.21. The molecule has 0 saturated carbocycles. The van der Waals surface area contributed by atoms with Gasteiger partial charge < -0.3 is 14.6 Å². The molecule has 0 fully saturated rings. The van der Waals surface area contributed by atoms with Crippen molar-refractivity contribution in [1.82, 2.24) is 14.3 Å². The average Bonchev–Trinajstić information content (AvgIpc) is 3.57. The van der Waals surface area contributed by atoms with E-state index in [1.165, 1.54) is 23.1 Å². The first-order chi connectivity index (χ1) is 18.5. The van der Waals surface area contributed by atoms with E-state index in [0.717, 1.165) is 16.9 Å². The summed E-state index contributed by atoms with van der Waals surface area (Å²) in [7, 11) is 1.52. The third-order valence-electron chi connectivity index (χ3n) is 6.09. The van der Waals surface area contributed by atoms with Gasteiger partial charge in [0.1, 0.15) is 17.3 Å². The summed E-state index contributed by atoms with van der Waals surface area (Å²) in [5.74, 6) is 0.522. The molecule has 9 heteroatoms. The Hall–Kier alpha value is -4.14. The van der Waals surface area contributed by atoms with Gasteiger partial charge in [0.15, 0.2) is 0 Å². The van der Waals surface area contributed by atoms with Crippen molar-refractivity contribution in [1.29, 1.82) is 0 Å². The largest absolute Gasteiger partial charge is 0.496 e. The zero-order valence-electron chi connectivity index (χ0n) is 20.6. The van der Waals surface area contributed by atoms with Crippen molar-refractivity contribution < 1.29 is 9.53 Å². The fourth-order valence-electron chi connectivity index (χ4n) is 4.16. The topological polar surface area (TPSA) is 78.2 Å². The quantitative estimate of drug-likeness (QED) is 0.247. The molecule has 192 valence electrons. The number of hydrogen-bond acceptors (Lipinski definition) is 6. The molecule has 0 aliphatic carbocycles. The number of nitrogens with one attached hydrogen (secondary N) is 1. The Morgan fingerprint density at radius 3 is 2.58 bits per heavy atom. The number of aromatic nitrogens is 3. The van der Waals surface area contributed by atoms with E-state index in [-0.39, 0.29) is 11.5 Å². The number of anilines is 1. The molecule has 0 unspecified atom stereocenters. The van der Waals surface area contributed by atoms with Crippen LogP contribution >= 0.6 is 22.9 Å². The number of aryl methyl sites for hydroxylation is 2. The van der Waals surface area contributed by atoms with Gasteiger partial charge in [-0.3, -0.25) is 9.59 Å². The number of halogens is 1. The van der Waals surface area contributed by atoms with Crippen LogP contribution in [0.25, 0.3) is 11.3 Å². The van der Waals surface area contributed by atoms with Crippen LogP contribution in [-0.4, -0.2) is 27.4 Å². The van der Waals surface area contributed by atoms with E-state index in [9.17, 15) is 9.59 Å². The maximum absolute atomic E-state index is 13.6. The molecule has 0 radical (unpaired) electrons. The van der Waals surface area contributed by atoms with Crippen LogP contribution in [0, 0.1) is 0 Å². The SMILES string of the molecule is COc1ccccc1C(=O)n1nc(-c2cccn(CCc3ccccc3)c2=O)cc1NCc1ccc(Cl)s1. The maximum atomic E-state index is 13.6. The number of rotatable bonds is 9. The van der Waals surface area contributed by atoms with Crippen molar-refractivity contribution in [2.75, 3.05) is 12.4 Å². The Bertz CT molecular complexity index is 1620. The lowest BCUT2D eigenvalue weighted by Crippen LogP contribution is -2.22. The number of methoxy groups -OCH3 is 1. The number of ether oxygens (including phenoxy) is 1. The summed E-state index contributed by atoms with van der Waals surface area (Å²) in [5, 5.41) is 7.87. The molecule has 0 amide bonds. The van der Waals surface area contributed by atoms with Crippen molar-refractivity contribution >= 4 is 34.7 Å². The third kappa shape index (κ3) is 5.56. The van der Waals surface area contributed by atoms with Gasteiger partial charge in [-0.2, -0.15) is 9.78 Å². The molecule has 0 atom stereocenters. The van der Waals surface area contributed by atoms with Crippen molar-refractivity contribution in [3.05, 3.63) is 122 Å². The molecule has 0 spiro atoms. The molecular weight excluding hydrogens is 520 g/mol. The third-order valence-corrected chi connectivity index (χ3v) is 7.32. The van der Waals surface area contributed by atoms with Gasteiger partial charge in [-0.15, -0.1) is 11.3 Å². The summed E-state index contributed by atoms with van der Waals surface area (Å²) in [6, 6.07) is 26.0. The van der Waals surface area contributed by atoms with Crippen LogP contribution in [-0.2, 0) is 19.5 Å². The Balaban J connectivity index is 1.50. The van der Waals surface area contributed by atoms with Gasteiger partial charge in [-0.1, -0.05) is 54.1 Å². The minimum absolute atomic E-state index is 0.172. The number of carbonyl (C=O) groups excluding carboxylic acids is 1. The summed E-state index contributed by atoms with van der Waals surface area (Å²) in [6.07, 6.45) is 2.49. The number of benzene rings is 2. The first-order valence-electron chi connectivity index (χ1n) is 12.0. The molecule has 0 aliphatic rings. The van der Waals surface area contributed by atoms with Crippen LogP contribution in [0.3, 0.4) is 0 Å². The number of pyridine rings is 1. The molecular formula is C29H25ClN4O3S. The number of thiophene rings is 1. The summed E-state index contributed by atoms with van der Waals surface area (Å²) >= 11 is 7.54. The second-order valence-corrected chi connectivity index (χ2v) is 10.3. The predicted octanol–water partition coefficient (Wildman–Crippen LogP) is 5.98. The highest BCUT2D eigenvalue weighted by molar-refractivity contribution is 7.16. The van der Waals surface area contributed by atoms with Gasteiger partial charge in [-0.05, 0) is 48.4 Å². The van der Waals surface area contributed by atoms with Gasteiger partial charge in [0, 0.05) is 23.7 Å². The summed E-state index contributed by atoms with van der Waals surface area (Å²) in [5.41, 5.74) is 2.15. The number of nitrogens with zero attached hydrogens (tertiary/aromatic N) is 3. The zero-order chi connectivity index (χ0) is 26.5. The van der Waals surface area contributed by atoms with E-state index in [4.69, 9.17) is 16.3 Å². The molecule has 0 bridgehead atoms. The first-order valence-corrected chi connectivity index (χ1v) is 13.2. The highest BCUT2D eigenvalue weighted by Crippen LogP contribution is 2.26. The first kappa shape index (κ1) is 25.5. The van der Waals surface area contributed by atoms with Crippen LogP contribution in [0.1, 0.15) is 20.8 Å². The molecule has 0 aliphatic heterocycles. The normalized spacial score (nSPS) is 10.9. The maximum Gasteiger partial charge on any atom is 0.283 e. The van der Waals surface area contributed by atoms with Crippen LogP contribution in [0.2, 0.25) is 4.34 Å². The van der Waals surface area contributed by atoms with Crippen LogP contribution in [0.5, 0.6) is 5.75 Å². The standard InChI is InChI=1S/C29H25ClN4O3S/c1-37-25-12-6-5-10-23(25)29(36)34-27(31-19-21-13-14-26(30)38-21)18-24(32-34)22-11-7-16-33(28(22)35)17-15-20-8-3-2-4-9-20/h2-14,16,18,31H,15,17,19H2,1H3. The fourth-order valence-corrected chi connectivity index (χ4v) is 5.18. The second-order valence-electron chi connectivity index (χ2n) is 8.55. The van der Waals surface area contributed by atoms with E-state index in [0.29, 0.717) is 45.8 Å². The van der Waals surface area contributed by atoms with Crippen molar-refractivity contribution in [2.45, 2.75) is 19.5 Å². The summed E-state index contributed by atoms with van der Waals surface area (Å²) < 4.78 is 9.03. The number of para-hydroxylation sites is 1. The predicted molar refractivity (Wildman–Crippen MR) is 151 cm³/mol. The molecule has 3 aromatic heterocycles. The molecule has 38 heavy (non-hydrogen) atoms. The Labute approximate surface area is 228 Å². The van der Waals surface area contributed by atoms with Crippen molar-refractivity contribution in [3.63, 3.8) is 0 Å². The lowest BCUT2D eigenvalue weighted by molar-refractivity contribution is 0.0945. The van der Waals surface area contributed by atoms with Gasteiger partial charge in [0.2, 0.25) is 0 Å². The highest BCUT2D eigenvalue weighted by atomic mass is 35.5. The van der Waals surface area contributed by atoms with E-state index in [1.54, 1.807) is 47.2 Å². The fraction of sp³-hybridized carbons (Fsp3) is 0.138. The van der Waals surface area contributed by atoms with Gasteiger partial charge in [-0.25, -0.2) is 0 Å². The Morgan fingerprint density at radius 1 is 1.03 bits per heavy atom. The van der Waals surface area contributed by atoms with E-state index < -0.39 is 0 Å². The molecule has 7 nitrogen and oxygen atoms in total. The van der Waals surface area contributed by atoms with Crippen LogP contribution < -0.4 is 15.6 Å². The lowest BCUT2D eigenvalue weighted by atomic mass is 10.1.